The lowest BCUT2D eigenvalue weighted by molar-refractivity contribution is -0.164. The number of hydrogen-bond acceptors (Lipinski definition) is 7. The van der Waals surface area contributed by atoms with Crippen molar-refractivity contribution in [3.63, 3.8) is 0 Å². The molecule has 0 radical (unpaired) electrons. The Morgan fingerprint density at radius 1 is 1.24 bits per heavy atom. The second-order valence-corrected chi connectivity index (χ2v) is 13.9. The molecule has 0 unspecified atom stereocenters. The summed E-state index contributed by atoms with van der Waals surface area (Å²) in [4.78, 5) is 48.4. The summed E-state index contributed by atoms with van der Waals surface area (Å²) < 4.78 is 31.7. The molecule has 1 aliphatic heterocycles. The van der Waals surface area contributed by atoms with Gasteiger partial charge in [0.15, 0.2) is 12.3 Å². The molecule has 0 spiro atoms. The van der Waals surface area contributed by atoms with E-state index >= 15 is 0 Å². The summed E-state index contributed by atoms with van der Waals surface area (Å²) in [5, 5.41) is 0. The number of aromatic amines is 1. The maximum Gasteiger partial charge on any atom is 0.330 e. The topological polar surface area (TPSA) is 117 Å². The van der Waals surface area contributed by atoms with Crippen molar-refractivity contribution in [1.29, 1.82) is 0 Å². The van der Waals surface area contributed by atoms with E-state index in [0.29, 0.717) is 6.20 Å². The molecular formula is C21H28BrFN2O7Si. The molecule has 33 heavy (non-hydrogen) atoms. The van der Waals surface area contributed by atoms with Gasteiger partial charge in [-0.2, -0.15) is 4.39 Å². The molecule has 1 saturated heterocycles. The van der Waals surface area contributed by atoms with Crippen LogP contribution in [0.25, 0.3) is 0 Å². The standard InChI is InChI=1S/C21H28BrFN2O7Si/c1-6-33(7-2,8-3)10-9-21(12-30-13(4)26)17(31-14(5)27)16(22)19(32-21)25-11-15(23)18(28)24-20(25)29/h11,16-17,19H,6-8,12H2,1-5H3,(H,24,28,29)/t16-,17+,19-,21-/m1/s1. The SMILES string of the molecule is CC[Si](C#C[C@]1(COC(C)=O)O[C@@H](n2cc(F)c(=O)[nH]c2=O)[C@H](Br)[C@@H]1OC(C)=O)(CC)CC. The number of carbonyl (C=O) groups is 2. The van der Waals surface area contributed by atoms with Crippen molar-refractivity contribution in [2.45, 2.75) is 75.5 Å². The lowest BCUT2D eigenvalue weighted by Gasteiger charge is -2.30. The fraction of sp³-hybridized carbons (Fsp3) is 0.619. The van der Waals surface area contributed by atoms with Crippen LogP contribution in [0.5, 0.6) is 0 Å². The molecule has 182 valence electrons. The van der Waals surface area contributed by atoms with Crippen molar-refractivity contribution in [2.24, 2.45) is 0 Å². The van der Waals surface area contributed by atoms with Crippen molar-refractivity contribution < 1.29 is 28.2 Å². The molecule has 0 amide bonds. The second kappa shape index (κ2) is 10.8. The third kappa shape index (κ3) is 5.83. The summed E-state index contributed by atoms with van der Waals surface area (Å²) in [6.07, 6.45) is -1.62. The minimum Gasteiger partial charge on any atom is -0.462 e. The van der Waals surface area contributed by atoms with E-state index in [9.17, 15) is 23.6 Å². The van der Waals surface area contributed by atoms with Gasteiger partial charge in [0, 0.05) is 13.8 Å². The van der Waals surface area contributed by atoms with E-state index in [0.717, 1.165) is 22.7 Å². The van der Waals surface area contributed by atoms with Crippen LogP contribution < -0.4 is 11.2 Å². The van der Waals surface area contributed by atoms with Crippen LogP contribution in [0.4, 0.5) is 4.39 Å². The normalized spacial score (nSPS) is 24.6. The summed E-state index contributed by atoms with van der Waals surface area (Å²) in [7, 11) is -2.02. The van der Waals surface area contributed by atoms with Gasteiger partial charge in [0.2, 0.25) is 11.4 Å². The zero-order valence-corrected chi connectivity index (χ0v) is 21.8. The van der Waals surface area contributed by atoms with Gasteiger partial charge in [0.05, 0.1) is 6.20 Å². The first-order valence-electron chi connectivity index (χ1n) is 10.6. The number of alkyl halides is 1. The fourth-order valence-electron chi connectivity index (χ4n) is 3.67. The minimum atomic E-state index is -2.02. The smallest absolute Gasteiger partial charge is 0.330 e. The highest BCUT2D eigenvalue weighted by atomic mass is 79.9. The number of aromatic nitrogens is 2. The van der Waals surface area contributed by atoms with Gasteiger partial charge in [-0.3, -0.25) is 23.9 Å². The predicted molar refractivity (Wildman–Crippen MR) is 124 cm³/mol. The molecule has 0 saturated carbocycles. The first-order valence-corrected chi connectivity index (χ1v) is 14.2. The molecule has 1 aliphatic rings. The molecule has 0 aromatic carbocycles. The molecule has 1 aromatic heterocycles. The monoisotopic (exact) mass is 546 g/mol. The number of halogens is 2. The van der Waals surface area contributed by atoms with E-state index < -0.39 is 59.8 Å². The molecule has 1 N–H and O–H groups in total. The maximum atomic E-state index is 14.0. The Morgan fingerprint density at radius 3 is 2.36 bits per heavy atom. The molecule has 2 rings (SSSR count). The largest absolute Gasteiger partial charge is 0.462 e. The number of rotatable bonds is 7. The van der Waals surface area contributed by atoms with E-state index in [1.54, 1.807) is 0 Å². The van der Waals surface area contributed by atoms with Crippen LogP contribution in [0.2, 0.25) is 18.1 Å². The van der Waals surface area contributed by atoms with Crippen molar-refractivity contribution in [3.05, 3.63) is 32.9 Å². The van der Waals surface area contributed by atoms with Crippen molar-refractivity contribution in [1.82, 2.24) is 9.55 Å². The van der Waals surface area contributed by atoms with Gasteiger partial charge in [0.25, 0.3) is 5.56 Å². The number of H-pyrrole nitrogens is 1. The summed E-state index contributed by atoms with van der Waals surface area (Å²) in [6, 6.07) is 2.63. The molecule has 12 heteroatoms. The van der Waals surface area contributed by atoms with E-state index in [2.05, 4.69) is 48.2 Å². The zero-order valence-electron chi connectivity index (χ0n) is 19.2. The Balaban J connectivity index is 2.70. The van der Waals surface area contributed by atoms with Gasteiger partial charge in [-0.05, 0) is 18.1 Å². The average Bonchev–Trinajstić information content (AvgIpc) is 3.02. The Labute approximate surface area is 200 Å². The molecule has 4 atom stereocenters. The molecule has 1 aromatic rings. The highest BCUT2D eigenvalue weighted by Gasteiger charge is 2.58. The highest BCUT2D eigenvalue weighted by Crippen LogP contribution is 2.43. The van der Waals surface area contributed by atoms with E-state index in [-0.39, 0.29) is 6.61 Å². The van der Waals surface area contributed by atoms with Crippen molar-refractivity contribution in [2.75, 3.05) is 6.61 Å². The van der Waals surface area contributed by atoms with Crippen molar-refractivity contribution in [3.8, 4) is 11.5 Å². The van der Waals surface area contributed by atoms with Crippen molar-refractivity contribution >= 4 is 35.9 Å². The Bertz CT molecular complexity index is 1070. The molecular weight excluding hydrogens is 519 g/mol. The van der Waals surface area contributed by atoms with Crippen LogP contribution >= 0.6 is 15.9 Å². The minimum absolute atomic E-state index is 0.381. The molecule has 2 heterocycles. The number of hydrogen-bond donors (Lipinski definition) is 1. The van der Waals surface area contributed by atoms with Crippen LogP contribution in [-0.4, -0.2) is 52.7 Å². The average molecular weight is 547 g/mol. The van der Waals surface area contributed by atoms with Crippen LogP contribution in [0.1, 0.15) is 40.8 Å². The fourth-order valence-corrected chi connectivity index (χ4v) is 7.07. The van der Waals surface area contributed by atoms with Crippen LogP contribution in [0, 0.1) is 17.3 Å². The lowest BCUT2D eigenvalue weighted by atomic mass is 9.98. The quantitative estimate of drug-likeness (QED) is 0.241. The van der Waals surface area contributed by atoms with E-state index in [1.165, 1.54) is 13.8 Å². The third-order valence-corrected chi connectivity index (χ3v) is 11.6. The number of nitrogens with zero attached hydrogens (tertiary/aromatic N) is 1. The molecule has 1 fully saturated rings. The number of ether oxygens (including phenoxy) is 3. The first-order chi connectivity index (χ1) is 15.4. The Kier molecular flexibility index (Phi) is 8.84. The predicted octanol–water partition coefficient (Wildman–Crippen LogP) is 2.25. The van der Waals surface area contributed by atoms with Gasteiger partial charge < -0.3 is 14.2 Å². The highest BCUT2D eigenvalue weighted by molar-refractivity contribution is 9.09. The van der Waals surface area contributed by atoms with Gasteiger partial charge in [0.1, 0.15) is 19.5 Å². The number of nitrogens with one attached hydrogen (secondary N) is 1. The molecule has 0 bridgehead atoms. The Hall–Kier alpha value is -2.23. The Morgan fingerprint density at radius 2 is 1.85 bits per heavy atom. The van der Waals surface area contributed by atoms with Gasteiger partial charge in [-0.1, -0.05) is 42.6 Å². The van der Waals surface area contributed by atoms with Gasteiger partial charge >= 0.3 is 17.6 Å². The summed E-state index contributed by atoms with van der Waals surface area (Å²) in [5.41, 5.74) is -0.361. The summed E-state index contributed by atoms with van der Waals surface area (Å²) >= 11 is 3.39. The number of esters is 2. The molecule has 0 aliphatic carbocycles. The van der Waals surface area contributed by atoms with E-state index in [1.807, 2.05) is 4.98 Å². The first kappa shape index (κ1) is 27.0. The summed E-state index contributed by atoms with van der Waals surface area (Å²) in [6.45, 7) is 8.21. The van der Waals surface area contributed by atoms with Crippen LogP contribution in [0.15, 0.2) is 15.8 Å². The molecule has 9 nitrogen and oxygen atoms in total. The zero-order chi connectivity index (χ0) is 25.0. The van der Waals surface area contributed by atoms with Gasteiger partial charge in [-0.15, -0.1) is 5.54 Å². The van der Waals surface area contributed by atoms with E-state index in [4.69, 9.17) is 14.2 Å². The summed E-state index contributed by atoms with van der Waals surface area (Å²) in [5.74, 6) is 0.655. The van der Waals surface area contributed by atoms with Crippen LogP contribution in [0.3, 0.4) is 0 Å². The number of carbonyl (C=O) groups excluding carboxylic acids is 2. The van der Waals surface area contributed by atoms with Gasteiger partial charge in [-0.25, -0.2) is 4.79 Å². The maximum absolute atomic E-state index is 14.0. The third-order valence-electron chi connectivity index (χ3n) is 5.90. The lowest BCUT2D eigenvalue weighted by Crippen LogP contribution is -2.48. The van der Waals surface area contributed by atoms with Crippen LogP contribution in [-0.2, 0) is 23.8 Å². The second-order valence-electron chi connectivity index (χ2n) is 7.89.